The van der Waals surface area contributed by atoms with Crippen molar-refractivity contribution in [1.82, 2.24) is 0 Å². The van der Waals surface area contributed by atoms with Crippen molar-refractivity contribution in [3.8, 4) is 0 Å². The zero-order valence-corrected chi connectivity index (χ0v) is 14.0. The van der Waals surface area contributed by atoms with E-state index in [0.717, 1.165) is 24.8 Å². The van der Waals surface area contributed by atoms with E-state index in [9.17, 15) is 8.42 Å². The van der Waals surface area contributed by atoms with Crippen molar-refractivity contribution in [3.63, 3.8) is 0 Å². The fourth-order valence-corrected chi connectivity index (χ4v) is 2.56. The van der Waals surface area contributed by atoms with Crippen LogP contribution in [0.15, 0.2) is 18.2 Å². The van der Waals surface area contributed by atoms with E-state index in [2.05, 4.69) is 30.8 Å². The molecule has 0 saturated heterocycles. The number of anilines is 2. The van der Waals surface area contributed by atoms with Crippen LogP contribution in [0.25, 0.3) is 0 Å². The summed E-state index contributed by atoms with van der Waals surface area (Å²) >= 11 is 6.13. The molecule has 0 saturated carbocycles. The van der Waals surface area contributed by atoms with Gasteiger partial charge >= 0.3 is 0 Å². The molecule has 114 valence electrons. The van der Waals surface area contributed by atoms with Crippen molar-refractivity contribution in [2.45, 2.75) is 39.7 Å². The maximum Gasteiger partial charge on any atom is 0.229 e. The molecule has 1 unspecified atom stereocenters. The minimum atomic E-state index is -3.28. The number of benzene rings is 1. The van der Waals surface area contributed by atoms with Gasteiger partial charge in [-0.05, 0) is 43.9 Å². The second-order valence-corrected chi connectivity index (χ2v) is 7.74. The lowest BCUT2D eigenvalue weighted by Gasteiger charge is -2.18. The zero-order valence-electron chi connectivity index (χ0n) is 12.4. The molecule has 0 aliphatic carbocycles. The standard InChI is InChI=1S/C14H23ClN2O2S/c1-10(2)5-6-11(3)16-14-9-12(7-8-13(14)15)17-20(4,18)19/h7-11,16-17H,5-6H2,1-4H3. The first-order valence-electron chi connectivity index (χ1n) is 6.71. The molecule has 0 spiro atoms. The van der Waals surface area contributed by atoms with Gasteiger partial charge in [0.05, 0.1) is 22.7 Å². The van der Waals surface area contributed by atoms with Crippen molar-refractivity contribution in [1.29, 1.82) is 0 Å². The van der Waals surface area contributed by atoms with Gasteiger partial charge in [-0.15, -0.1) is 0 Å². The minimum absolute atomic E-state index is 0.281. The van der Waals surface area contributed by atoms with Crippen LogP contribution in [0.4, 0.5) is 11.4 Å². The number of hydrogen-bond donors (Lipinski definition) is 2. The van der Waals surface area contributed by atoms with Crippen molar-refractivity contribution in [3.05, 3.63) is 23.2 Å². The molecule has 0 aromatic heterocycles. The fourth-order valence-electron chi connectivity index (χ4n) is 1.83. The molecule has 1 aromatic carbocycles. The van der Waals surface area contributed by atoms with Gasteiger partial charge in [0.25, 0.3) is 0 Å². The normalized spacial score (nSPS) is 13.3. The summed E-state index contributed by atoms with van der Waals surface area (Å²) in [4.78, 5) is 0. The van der Waals surface area contributed by atoms with E-state index in [1.165, 1.54) is 0 Å². The van der Waals surface area contributed by atoms with Crippen LogP contribution in [0.5, 0.6) is 0 Å². The van der Waals surface area contributed by atoms with Crippen molar-refractivity contribution >= 4 is 33.0 Å². The Morgan fingerprint density at radius 3 is 2.40 bits per heavy atom. The first-order chi connectivity index (χ1) is 9.17. The molecule has 0 amide bonds. The Balaban J connectivity index is 2.76. The minimum Gasteiger partial charge on any atom is -0.381 e. The van der Waals surface area contributed by atoms with Gasteiger partial charge in [-0.3, -0.25) is 4.72 Å². The van der Waals surface area contributed by atoms with Crippen LogP contribution in [0.1, 0.15) is 33.6 Å². The van der Waals surface area contributed by atoms with Crippen molar-refractivity contribution in [2.75, 3.05) is 16.3 Å². The first kappa shape index (κ1) is 17.1. The maximum atomic E-state index is 11.2. The molecule has 1 atom stereocenters. The van der Waals surface area contributed by atoms with Crippen LogP contribution in [0, 0.1) is 5.92 Å². The van der Waals surface area contributed by atoms with Crippen molar-refractivity contribution < 1.29 is 8.42 Å². The average molecular weight is 319 g/mol. The number of nitrogens with one attached hydrogen (secondary N) is 2. The molecule has 6 heteroatoms. The number of halogens is 1. The summed E-state index contributed by atoms with van der Waals surface area (Å²) in [6.07, 6.45) is 3.30. The monoisotopic (exact) mass is 318 g/mol. The summed E-state index contributed by atoms with van der Waals surface area (Å²) in [7, 11) is -3.28. The van der Waals surface area contributed by atoms with E-state index in [1.807, 2.05) is 0 Å². The zero-order chi connectivity index (χ0) is 15.3. The molecule has 2 N–H and O–H groups in total. The highest BCUT2D eigenvalue weighted by Crippen LogP contribution is 2.27. The molecule has 0 radical (unpaired) electrons. The summed E-state index contributed by atoms with van der Waals surface area (Å²) in [6, 6.07) is 5.33. The van der Waals surface area contributed by atoms with Crippen molar-refractivity contribution in [2.24, 2.45) is 5.92 Å². The predicted octanol–water partition coefficient (Wildman–Crippen LogP) is 3.95. The van der Waals surface area contributed by atoms with Crippen LogP contribution in [-0.4, -0.2) is 20.7 Å². The molecular formula is C14H23ClN2O2S. The van der Waals surface area contributed by atoms with Gasteiger partial charge in [0, 0.05) is 6.04 Å². The van der Waals surface area contributed by atoms with Gasteiger partial charge in [-0.25, -0.2) is 8.42 Å². The lowest BCUT2D eigenvalue weighted by atomic mass is 10.0. The first-order valence-corrected chi connectivity index (χ1v) is 8.98. The summed E-state index contributed by atoms with van der Waals surface area (Å²) in [5.41, 5.74) is 1.26. The van der Waals surface area contributed by atoms with Gasteiger partial charge in [0.15, 0.2) is 0 Å². The van der Waals surface area contributed by atoms with Crippen LogP contribution in [-0.2, 0) is 10.0 Å². The molecule has 0 fully saturated rings. The van der Waals surface area contributed by atoms with Crippen LogP contribution < -0.4 is 10.0 Å². The van der Waals surface area contributed by atoms with E-state index in [-0.39, 0.29) is 6.04 Å². The van der Waals surface area contributed by atoms with E-state index >= 15 is 0 Å². The molecule has 4 nitrogen and oxygen atoms in total. The lowest BCUT2D eigenvalue weighted by Crippen LogP contribution is -2.16. The van der Waals surface area contributed by atoms with Gasteiger partial charge < -0.3 is 5.32 Å². The second-order valence-electron chi connectivity index (χ2n) is 5.59. The maximum absolute atomic E-state index is 11.2. The largest absolute Gasteiger partial charge is 0.381 e. The number of sulfonamides is 1. The third-order valence-electron chi connectivity index (χ3n) is 2.85. The Bertz CT molecular complexity index is 544. The summed E-state index contributed by atoms with van der Waals surface area (Å²) in [5.74, 6) is 0.660. The van der Waals surface area contributed by atoms with Crippen LogP contribution in [0.2, 0.25) is 5.02 Å². The molecule has 1 aromatic rings. The van der Waals surface area contributed by atoms with E-state index < -0.39 is 10.0 Å². The molecule has 20 heavy (non-hydrogen) atoms. The Labute approximate surface area is 127 Å². The summed E-state index contributed by atoms with van der Waals surface area (Å²) in [5, 5.41) is 3.91. The summed E-state index contributed by atoms with van der Waals surface area (Å²) < 4.78 is 24.9. The molecule has 1 rings (SSSR count). The van der Waals surface area contributed by atoms with E-state index in [1.54, 1.807) is 18.2 Å². The Morgan fingerprint density at radius 1 is 1.20 bits per heavy atom. The number of rotatable bonds is 7. The SMILES string of the molecule is CC(C)CCC(C)Nc1cc(NS(C)(=O)=O)ccc1Cl. The topological polar surface area (TPSA) is 58.2 Å². The van der Waals surface area contributed by atoms with E-state index in [4.69, 9.17) is 11.6 Å². The number of hydrogen-bond acceptors (Lipinski definition) is 3. The molecule has 0 heterocycles. The molecule has 0 aliphatic rings. The molecular weight excluding hydrogens is 296 g/mol. The predicted molar refractivity (Wildman–Crippen MR) is 87.1 cm³/mol. The third kappa shape index (κ3) is 6.48. The highest BCUT2D eigenvalue weighted by atomic mass is 35.5. The van der Waals surface area contributed by atoms with Gasteiger partial charge in [0.1, 0.15) is 0 Å². The summed E-state index contributed by atoms with van der Waals surface area (Å²) in [6.45, 7) is 6.47. The van der Waals surface area contributed by atoms with Gasteiger partial charge in [0.2, 0.25) is 10.0 Å². The highest BCUT2D eigenvalue weighted by Gasteiger charge is 2.09. The van der Waals surface area contributed by atoms with Gasteiger partial charge in [-0.1, -0.05) is 25.4 Å². The van der Waals surface area contributed by atoms with Crippen LogP contribution in [0.3, 0.4) is 0 Å². The fraction of sp³-hybridized carbons (Fsp3) is 0.571. The van der Waals surface area contributed by atoms with E-state index in [0.29, 0.717) is 16.6 Å². The Hall–Kier alpha value is -0.940. The second kappa shape index (κ2) is 7.18. The average Bonchev–Trinajstić information content (AvgIpc) is 2.29. The molecule has 0 aliphatic heterocycles. The third-order valence-corrected chi connectivity index (χ3v) is 3.78. The smallest absolute Gasteiger partial charge is 0.229 e. The molecule has 0 bridgehead atoms. The highest BCUT2D eigenvalue weighted by molar-refractivity contribution is 7.92. The lowest BCUT2D eigenvalue weighted by molar-refractivity contribution is 0.528. The Morgan fingerprint density at radius 2 is 1.85 bits per heavy atom. The Kier molecular flexibility index (Phi) is 6.14. The quantitative estimate of drug-likeness (QED) is 0.800. The van der Waals surface area contributed by atoms with Crippen LogP contribution >= 0.6 is 11.6 Å². The van der Waals surface area contributed by atoms with Gasteiger partial charge in [-0.2, -0.15) is 0 Å².